The highest BCUT2D eigenvalue weighted by Crippen LogP contribution is 2.06. The van der Waals surface area contributed by atoms with Crippen LogP contribution >= 0.6 is 11.3 Å². The highest BCUT2D eigenvalue weighted by atomic mass is 32.1. The van der Waals surface area contributed by atoms with Gasteiger partial charge in [0.25, 0.3) is 0 Å². The molecule has 0 aliphatic rings. The molecule has 0 saturated heterocycles. The Morgan fingerprint density at radius 3 is 2.88 bits per heavy atom. The van der Waals surface area contributed by atoms with E-state index in [1.165, 1.54) is 5.56 Å². The van der Waals surface area contributed by atoms with Gasteiger partial charge in [-0.1, -0.05) is 0 Å². The number of hydrogen-bond acceptors (Lipinski definition) is 3. The Hall–Kier alpha value is -0.870. The molecule has 0 aliphatic carbocycles. The Morgan fingerprint density at radius 1 is 1.56 bits per heavy atom. The molecule has 1 aromatic heterocycles. The Labute approximate surface area is 101 Å². The maximum absolute atomic E-state index is 11.4. The van der Waals surface area contributed by atoms with Crippen LogP contribution in [0.3, 0.4) is 0 Å². The SMILES string of the molecule is CC(CC(=O)N(C)C)NCCc1ccsc1. The molecule has 1 amide bonds. The smallest absolute Gasteiger partial charge is 0.223 e. The lowest BCUT2D eigenvalue weighted by Crippen LogP contribution is -2.34. The lowest BCUT2D eigenvalue weighted by atomic mass is 10.2. The molecule has 1 rings (SSSR count). The molecule has 0 aromatic carbocycles. The number of hydrogen-bond donors (Lipinski definition) is 1. The van der Waals surface area contributed by atoms with Gasteiger partial charge in [-0.3, -0.25) is 4.79 Å². The maximum atomic E-state index is 11.4. The van der Waals surface area contributed by atoms with Crippen LogP contribution in [0.1, 0.15) is 18.9 Å². The average Bonchev–Trinajstić information content (AvgIpc) is 2.70. The van der Waals surface area contributed by atoms with E-state index in [1.54, 1.807) is 30.3 Å². The molecule has 0 bridgehead atoms. The van der Waals surface area contributed by atoms with E-state index in [9.17, 15) is 4.79 Å². The van der Waals surface area contributed by atoms with Crippen LogP contribution in [0, 0.1) is 0 Å². The zero-order valence-electron chi connectivity index (χ0n) is 10.2. The molecule has 4 heteroatoms. The summed E-state index contributed by atoms with van der Waals surface area (Å²) in [5.41, 5.74) is 1.36. The molecule has 1 N–H and O–H groups in total. The van der Waals surface area contributed by atoms with Gasteiger partial charge >= 0.3 is 0 Å². The first-order valence-electron chi connectivity index (χ1n) is 5.54. The number of nitrogens with zero attached hydrogens (tertiary/aromatic N) is 1. The number of amides is 1. The van der Waals surface area contributed by atoms with E-state index in [1.807, 2.05) is 0 Å². The van der Waals surface area contributed by atoms with Crippen molar-refractivity contribution >= 4 is 17.2 Å². The third-order valence-corrected chi connectivity index (χ3v) is 3.20. The fourth-order valence-corrected chi connectivity index (χ4v) is 2.12. The molecule has 0 radical (unpaired) electrons. The average molecular weight is 240 g/mol. The van der Waals surface area contributed by atoms with E-state index in [0.29, 0.717) is 6.42 Å². The van der Waals surface area contributed by atoms with Crippen LogP contribution in [0.2, 0.25) is 0 Å². The molecule has 0 spiro atoms. The monoisotopic (exact) mass is 240 g/mol. The first-order chi connectivity index (χ1) is 7.59. The largest absolute Gasteiger partial charge is 0.349 e. The Balaban J connectivity index is 2.15. The Bertz CT molecular complexity index is 309. The molecule has 3 nitrogen and oxygen atoms in total. The number of nitrogens with one attached hydrogen (secondary N) is 1. The van der Waals surface area contributed by atoms with E-state index in [4.69, 9.17) is 0 Å². The standard InChI is InChI=1S/C12H20N2OS/c1-10(8-12(15)14(2)3)13-6-4-11-5-7-16-9-11/h5,7,9-10,13H,4,6,8H2,1-3H3. The summed E-state index contributed by atoms with van der Waals surface area (Å²) in [6.07, 6.45) is 1.60. The summed E-state index contributed by atoms with van der Waals surface area (Å²) >= 11 is 1.72. The van der Waals surface area contributed by atoms with Crippen LogP contribution in [0.4, 0.5) is 0 Å². The van der Waals surface area contributed by atoms with Gasteiger partial charge in [0.05, 0.1) is 0 Å². The van der Waals surface area contributed by atoms with Crippen molar-refractivity contribution in [2.24, 2.45) is 0 Å². The van der Waals surface area contributed by atoms with Crippen molar-refractivity contribution in [1.29, 1.82) is 0 Å². The highest BCUT2D eigenvalue weighted by molar-refractivity contribution is 7.07. The summed E-state index contributed by atoms with van der Waals surface area (Å²) in [6.45, 7) is 2.98. The molecule has 1 atom stereocenters. The van der Waals surface area contributed by atoms with Crippen molar-refractivity contribution in [2.75, 3.05) is 20.6 Å². The highest BCUT2D eigenvalue weighted by Gasteiger charge is 2.09. The van der Waals surface area contributed by atoms with Gasteiger partial charge in [0.2, 0.25) is 5.91 Å². The molecule has 0 fully saturated rings. The van der Waals surface area contributed by atoms with Crippen molar-refractivity contribution in [2.45, 2.75) is 25.8 Å². The Morgan fingerprint density at radius 2 is 2.31 bits per heavy atom. The third-order valence-electron chi connectivity index (χ3n) is 2.47. The van der Waals surface area contributed by atoms with E-state index in [-0.39, 0.29) is 11.9 Å². The maximum Gasteiger partial charge on any atom is 0.223 e. The minimum Gasteiger partial charge on any atom is -0.349 e. The minimum absolute atomic E-state index is 0.176. The molecule has 1 aromatic rings. The summed E-state index contributed by atoms with van der Waals surface area (Å²) < 4.78 is 0. The fraction of sp³-hybridized carbons (Fsp3) is 0.583. The zero-order chi connectivity index (χ0) is 12.0. The summed E-state index contributed by atoms with van der Waals surface area (Å²) in [6, 6.07) is 2.38. The summed E-state index contributed by atoms with van der Waals surface area (Å²) in [7, 11) is 3.58. The normalized spacial score (nSPS) is 12.4. The van der Waals surface area contributed by atoms with Crippen molar-refractivity contribution in [3.8, 4) is 0 Å². The topological polar surface area (TPSA) is 32.3 Å². The van der Waals surface area contributed by atoms with Crippen LogP contribution in [0.25, 0.3) is 0 Å². The first kappa shape index (κ1) is 13.2. The van der Waals surface area contributed by atoms with Crippen molar-refractivity contribution in [3.05, 3.63) is 22.4 Å². The summed E-state index contributed by atoms with van der Waals surface area (Å²) in [4.78, 5) is 13.1. The van der Waals surface area contributed by atoms with Crippen LogP contribution in [-0.4, -0.2) is 37.5 Å². The molecule has 0 saturated carbocycles. The second-order valence-electron chi connectivity index (χ2n) is 4.23. The summed E-state index contributed by atoms with van der Waals surface area (Å²) in [5, 5.41) is 7.62. The van der Waals surface area contributed by atoms with Gasteiger partial charge in [-0.05, 0) is 42.3 Å². The van der Waals surface area contributed by atoms with Gasteiger partial charge in [-0.2, -0.15) is 11.3 Å². The number of rotatable bonds is 6. The number of carbonyl (C=O) groups is 1. The van der Waals surface area contributed by atoms with Crippen molar-refractivity contribution in [3.63, 3.8) is 0 Å². The van der Waals surface area contributed by atoms with Crippen LogP contribution in [0.5, 0.6) is 0 Å². The predicted octanol–water partition coefficient (Wildman–Crippen LogP) is 1.75. The third kappa shape index (κ3) is 4.77. The first-order valence-corrected chi connectivity index (χ1v) is 6.48. The van der Waals surface area contributed by atoms with E-state index >= 15 is 0 Å². The van der Waals surface area contributed by atoms with Gasteiger partial charge < -0.3 is 10.2 Å². The molecular weight excluding hydrogens is 220 g/mol. The molecule has 1 heterocycles. The fourth-order valence-electron chi connectivity index (χ4n) is 1.41. The van der Waals surface area contributed by atoms with Crippen LogP contribution in [-0.2, 0) is 11.2 Å². The molecule has 0 aliphatic heterocycles. The minimum atomic E-state index is 0.176. The second kappa shape index (κ2) is 6.66. The lowest BCUT2D eigenvalue weighted by molar-refractivity contribution is -0.129. The summed E-state index contributed by atoms with van der Waals surface area (Å²) in [5.74, 6) is 0.176. The van der Waals surface area contributed by atoms with Gasteiger partial charge in [-0.15, -0.1) is 0 Å². The van der Waals surface area contributed by atoms with E-state index < -0.39 is 0 Å². The number of carbonyl (C=O) groups excluding carboxylic acids is 1. The molecule has 16 heavy (non-hydrogen) atoms. The van der Waals surface area contributed by atoms with Crippen molar-refractivity contribution < 1.29 is 4.79 Å². The van der Waals surface area contributed by atoms with Crippen LogP contribution < -0.4 is 5.32 Å². The van der Waals surface area contributed by atoms with Gasteiger partial charge in [0.1, 0.15) is 0 Å². The quantitative estimate of drug-likeness (QED) is 0.821. The lowest BCUT2D eigenvalue weighted by Gasteiger charge is -2.16. The zero-order valence-corrected chi connectivity index (χ0v) is 11.0. The predicted molar refractivity (Wildman–Crippen MR) is 68.8 cm³/mol. The Kier molecular flexibility index (Phi) is 5.49. The van der Waals surface area contributed by atoms with Gasteiger partial charge in [0.15, 0.2) is 0 Å². The number of thiophene rings is 1. The van der Waals surface area contributed by atoms with Gasteiger partial charge in [-0.25, -0.2) is 0 Å². The molecular formula is C12H20N2OS. The molecule has 1 unspecified atom stereocenters. The van der Waals surface area contributed by atoms with Gasteiger partial charge in [0, 0.05) is 26.6 Å². The van der Waals surface area contributed by atoms with Crippen LogP contribution in [0.15, 0.2) is 16.8 Å². The van der Waals surface area contributed by atoms with E-state index in [0.717, 1.165) is 13.0 Å². The molecule has 90 valence electrons. The second-order valence-corrected chi connectivity index (χ2v) is 5.01. The van der Waals surface area contributed by atoms with E-state index in [2.05, 4.69) is 29.1 Å². The van der Waals surface area contributed by atoms with Crippen molar-refractivity contribution in [1.82, 2.24) is 10.2 Å².